The molecule has 1 aromatic heterocycles. The van der Waals surface area contributed by atoms with E-state index in [9.17, 15) is 18.0 Å². The highest BCUT2D eigenvalue weighted by Gasteiger charge is 2.33. The van der Waals surface area contributed by atoms with Crippen LogP contribution in [0.3, 0.4) is 0 Å². The highest BCUT2D eigenvalue weighted by atomic mass is 19.4. The van der Waals surface area contributed by atoms with Crippen LogP contribution < -0.4 is 0 Å². The van der Waals surface area contributed by atoms with Gasteiger partial charge in [-0.25, -0.2) is 4.79 Å². The molecule has 0 saturated carbocycles. The van der Waals surface area contributed by atoms with Gasteiger partial charge in [-0.15, -0.1) is 0 Å². The van der Waals surface area contributed by atoms with Crippen LogP contribution in [0, 0.1) is 6.92 Å². The number of piperidine rings is 1. The number of rotatable bonds is 3. The minimum atomic E-state index is -4.18. The molecular weight excluding hydrogens is 275 g/mol. The van der Waals surface area contributed by atoms with E-state index >= 15 is 0 Å². The second-order valence-corrected chi connectivity index (χ2v) is 4.89. The monoisotopic (exact) mass is 291 g/mol. The molecule has 112 valence electrons. The zero-order valence-corrected chi connectivity index (χ0v) is 11.1. The summed E-state index contributed by atoms with van der Waals surface area (Å²) >= 11 is 0. The molecule has 0 unspecified atom stereocenters. The molecular formula is C13H16F3NO3. The van der Waals surface area contributed by atoms with Crippen molar-refractivity contribution in [3.8, 4) is 0 Å². The van der Waals surface area contributed by atoms with Crippen molar-refractivity contribution in [3.05, 3.63) is 23.7 Å². The molecule has 1 aliphatic heterocycles. The zero-order chi connectivity index (χ0) is 14.8. The normalized spacial score (nSPS) is 18.2. The Morgan fingerprint density at radius 1 is 1.45 bits per heavy atom. The summed E-state index contributed by atoms with van der Waals surface area (Å²) in [5.41, 5.74) is 0.364. The van der Waals surface area contributed by atoms with E-state index in [0.29, 0.717) is 24.2 Å². The van der Waals surface area contributed by atoms with Gasteiger partial charge in [0, 0.05) is 13.1 Å². The van der Waals surface area contributed by atoms with Gasteiger partial charge in [0.2, 0.25) is 0 Å². The molecule has 1 fully saturated rings. The van der Waals surface area contributed by atoms with E-state index in [1.54, 1.807) is 6.92 Å². The maximum absolute atomic E-state index is 12.2. The van der Waals surface area contributed by atoms with Gasteiger partial charge in [-0.2, -0.15) is 13.2 Å². The van der Waals surface area contributed by atoms with Crippen LogP contribution in [0.2, 0.25) is 0 Å². The maximum atomic E-state index is 12.2. The van der Waals surface area contributed by atoms with Crippen LogP contribution in [-0.4, -0.2) is 42.8 Å². The number of alkyl halides is 3. The fraction of sp³-hybridized carbons (Fsp3) is 0.615. The molecule has 1 aliphatic rings. The van der Waals surface area contributed by atoms with Gasteiger partial charge in [-0.05, 0) is 25.8 Å². The van der Waals surface area contributed by atoms with Gasteiger partial charge in [0.05, 0.1) is 12.8 Å². The number of halogens is 3. The summed E-state index contributed by atoms with van der Waals surface area (Å²) in [5.74, 6) is -0.00460. The summed E-state index contributed by atoms with van der Waals surface area (Å²) in [5, 5.41) is 0. The number of carbonyl (C=O) groups excluding carboxylic acids is 1. The molecule has 0 atom stereocenters. The minimum Gasteiger partial charge on any atom is -0.469 e. The molecule has 2 heterocycles. The molecule has 2 rings (SSSR count). The number of hydrogen-bond acceptors (Lipinski definition) is 4. The van der Waals surface area contributed by atoms with Crippen molar-refractivity contribution in [1.29, 1.82) is 0 Å². The Labute approximate surface area is 114 Å². The van der Waals surface area contributed by atoms with E-state index < -0.39 is 18.7 Å². The first-order valence-electron chi connectivity index (χ1n) is 6.39. The molecule has 0 aliphatic carbocycles. The van der Waals surface area contributed by atoms with Crippen LogP contribution in [0.4, 0.5) is 13.2 Å². The van der Waals surface area contributed by atoms with Gasteiger partial charge in [0.25, 0.3) is 0 Å². The molecule has 0 N–H and O–H groups in total. The highest BCUT2D eigenvalue weighted by Crippen LogP contribution is 2.22. The van der Waals surface area contributed by atoms with E-state index in [1.807, 2.05) is 0 Å². The lowest BCUT2D eigenvalue weighted by molar-refractivity contribution is -0.150. The molecule has 1 saturated heterocycles. The smallest absolute Gasteiger partial charge is 0.401 e. The number of hydrogen-bond donors (Lipinski definition) is 0. The van der Waals surface area contributed by atoms with Crippen LogP contribution in [0.25, 0.3) is 0 Å². The van der Waals surface area contributed by atoms with Gasteiger partial charge in [-0.3, -0.25) is 4.90 Å². The summed E-state index contributed by atoms with van der Waals surface area (Å²) in [6.45, 7) is 1.31. The molecule has 4 nitrogen and oxygen atoms in total. The largest absolute Gasteiger partial charge is 0.469 e. The van der Waals surface area contributed by atoms with Crippen molar-refractivity contribution in [3.63, 3.8) is 0 Å². The molecule has 0 bridgehead atoms. The molecule has 1 aromatic rings. The average molecular weight is 291 g/mol. The van der Waals surface area contributed by atoms with Crippen molar-refractivity contribution >= 4 is 5.97 Å². The first-order chi connectivity index (χ1) is 9.35. The SMILES string of the molecule is Cc1occc1C(=O)OC1CCN(CC(F)(F)F)CC1. The third-order valence-corrected chi connectivity index (χ3v) is 3.29. The van der Waals surface area contributed by atoms with E-state index in [4.69, 9.17) is 9.15 Å². The van der Waals surface area contributed by atoms with E-state index in [-0.39, 0.29) is 19.2 Å². The van der Waals surface area contributed by atoms with Crippen molar-refractivity contribution in [1.82, 2.24) is 4.90 Å². The molecule has 0 spiro atoms. The van der Waals surface area contributed by atoms with Crippen molar-refractivity contribution < 1.29 is 27.1 Å². The van der Waals surface area contributed by atoms with E-state index in [0.717, 1.165) is 0 Å². The Hall–Kier alpha value is -1.50. The van der Waals surface area contributed by atoms with Gasteiger partial charge >= 0.3 is 12.1 Å². The van der Waals surface area contributed by atoms with Gasteiger partial charge in [0.15, 0.2) is 0 Å². The van der Waals surface area contributed by atoms with Crippen LogP contribution in [0.5, 0.6) is 0 Å². The number of aryl methyl sites for hydroxylation is 1. The first-order valence-corrected chi connectivity index (χ1v) is 6.39. The van der Waals surface area contributed by atoms with Crippen molar-refractivity contribution in [2.75, 3.05) is 19.6 Å². The Balaban J connectivity index is 1.80. The van der Waals surface area contributed by atoms with E-state index in [2.05, 4.69) is 0 Å². The third kappa shape index (κ3) is 4.00. The summed E-state index contributed by atoms with van der Waals surface area (Å²) in [4.78, 5) is 13.2. The van der Waals surface area contributed by atoms with Gasteiger partial charge in [-0.1, -0.05) is 0 Å². The lowest BCUT2D eigenvalue weighted by Gasteiger charge is -2.31. The Bertz CT molecular complexity index is 462. The summed E-state index contributed by atoms with van der Waals surface area (Å²) in [7, 11) is 0. The topological polar surface area (TPSA) is 42.7 Å². The predicted molar refractivity (Wildman–Crippen MR) is 64.4 cm³/mol. The van der Waals surface area contributed by atoms with Gasteiger partial charge < -0.3 is 9.15 Å². The van der Waals surface area contributed by atoms with Crippen molar-refractivity contribution in [2.45, 2.75) is 32.0 Å². The Kier molecular flexibility index (Phi) is 4.37. The number of ether oxygens (including phenoxy) is 1. The molecule has 0 amide bonds. The van der Waals surface area contributed by atoms with Crippen LogP contribution in [0.15, 0.2) is 16.7 Å². The molecule has 0 aromatic carbocycles. The second-order valence-electron chi connectivity index (χ2n) is 4.89. The summed E-state index contributed by atoms with van der Waals surface area (Å²) < 4.78 is 47.0. The van der Waals surface area contributed by atoms with Crippen LogP contribution >= 0.6 is 0 Å². The van der Waals surface area contributed by atoms with Crippen LogP contribution in [0.1, 0.15) is 29.0 Å². The first kappa shape index (κ1) is 14.9. The fourth-order valence-electron chi connectivity index (χ4n) is 2.25. The Morgan fingerprint density at radius 2 is 2.10 bits per heavy atom. The molecule has 20 heavy (non-hydrogen) atoms. The number of likely N-dealkylation sites (tertiary alicyclic amines) is 1. The van der Waals surface area contributed by atoms with E-state index in [1.165, 1.54) is 17.2 Å². The second kappa shape index (κ2) is 5.87. The molecule has 0 radical (unpaired) electrons. The molecule has 7 heteroatoms. The quantitative estimate of drug-likeness (QED) is 0.803. The lowest BCUT2D eigenvalue weighted by Crippen LogP contribution is -2.42. The maximum Gasteiger partial charge on any atom is 0.401 e. The number of carbonyl (C=O) groups is 1. The highest BCUT2D eigenvalue weighted by molar-refractivity contribution is 5.90. The number of furan rings is 1. The zero-order valence-electron chi connectivity index (χ0n) is 11.1. The number of nitrogens with zero attached hydrogens (tertiary/aromatic N) is 1. The van der Waals surface area contributed by atoms with Crippen molar-refractivity contribution in [2.24, 2.45) is 0 Å². The van der Waals surface area contributed by atoms with Gasteiger partial charge in [0.1, 0.15) is 17.4 Å². The average Bonchev–Trinajstić information content (AvgIpc) is 2.76. The number of esters is 1. The predicted octanol–water partition coefficient (Wildman–Crippen LogP) is 2.77. The van der Waals surface area contributed by atoms with Crippen LogP contribution in [-0.2, 0) is 4.74 Å². The Morgan fingerprint density at radius 3 is 2.60 bits per heavy atom. The summed E-state index contributed by atoms with van der Waals surface area (Å²) in [6.07, 6.45) is -2.28. The summed E-state index contributed by atoms with van der Waals surface area (Å²) in [6, 6.07) is 1.52. The fourth-order valence-corrected chi connectivity index (χ4v) is 2.25. The minimum absolute atomic E-state index is 0.280. The standard InChI is InChI=1S/C13H16F3NO3/c1-9-11(4-7-19-9)12(18)20-10-2-5-17(6-3-10)8-13(14,15)16/h4,7,10H,2-3,5-6,8H2,1H3. The third-order valence-electron chi connectivity index (χ3n) is 3.29. The lowest BCUT2D eigenvalue weighted by atomic mass is 10.1.